The maximum atomic E-state index is 8.68. The number of hydrogen-bond donors (Lipinski definition) is 1. The summed E-state index contributed by atoms with van der Waals surface area (Å²) in [4.78, 5) is 4.72. The molecule has 80 valence electrons. The maximum Gasteiger partial charge on any atom is 0.188 e. The second-order valence-corrected chi connectivity index (χ2v) is 5.12. The Morgan fingerprint density at radius 1 is 1.50 bits per heavy atom. The lowest BCUT2D eigenvalue weighted by Crippen LogP contribution is -1.89. The van der Waals surface area contributed by atoms with Gasteiger partial charge in [-0.2, -0.15) is 5.26 Å². The first-order valence-electron chi connectivity index (χ1n) is 4.58. The molecule has 2 aromatic rings. The standard InChI is InChI=1S/C11H8BrN3S/c1-7-4-8(2-3-10(7)12)15-11-14-6-9(5-13)16-11/h2-4,6H,1H3,(H,14,15). The summed E-state index contributed by atoms with van der Waals surface area (Å²) in [5, 5.41) is 12.6. The van der Waals surface area contributed by atoms with Crippen molar-refractivity contribution in [1.82, 2.24) is 4.98 Å². The van der Waals surface area contributed by atoms with Gasteiger partial charge in [0.25, 0.3) is 0 Å². The molecule has 0 saturated carbocycles. The van der Waals surface area contributed by atoms with Gasteiger partial charge in [0, 0.05) is 10.2 Å². The van der Waals surface area contributed by atoms with Crippen LogP contribution in [-0.4, -0.2) is 4.98 Å². The average molecular weight is 294 g/mol. The van der Waals surface area contributed by atoms with Crippen molar-refractivity contribution < 1.29 is 0 Å². The van der Waals surface area contributed by atoms with Crippen molar-refractivity contribution in [3.63, 3.8) is 0 Å². The van der Waals surface area contributed by atoms with E-state index in [2.05, 4.69) is 32.3 Å². The van der Waals surface area contributed by atoms with Gasteiger partial charge in [0.05, 0.1) is 6.20 Å². The number of nitrogens with zero attached hydrogens (tertiary/aromatic N) is 2. The third-order valence-electron chi connectivity index (χ3n) is 2.03. The Bertz CT molecular complexity index is 557. The smallest absolute Gasteiger partial charge is 0.188 e. The SMILES string of the molecule is Cc1cc(Nc2ncc(C#N)s2)ccc1Br. The Morgan fingerprint density at radius 3 is 2.94 bits per heavy atom. The van der Waals surface area contributed by atoms with Crippen LogP contribution >= 0.6 is 27.3 Å². The average Bonchev–Trinajstić information content (AvgIpc) is 2.71. The van der Waals surface area contributed by atoms with Crippen LogP contribution in [0.1, 0.15) is 10.4 Å². The molecule has 1 aromatic carbocycles. The summed E-state index contributed by atoms with van der Waals surface area (Å²) < 4.78 is 1.08. The normalized spacial score (nSPS) is 9.81. The summed E-state index contributed by atoms with van der Waals surface area (Å²) >= 11 is 4.79. The molecule has 5 heteroatoms. The summed E-state index contributed by atoms with van der Waals surface area (Å²) in [7, 11) is 0. The third-order valence-corrected chi connectivity index (χ3v) is 3.73. The van der Waals surface area contributed by atoms with Crippen LogP contribution < -0.4 is 5.32 Å². The molecule has 0 aliphatic heterocycles. The van der Waals surface area contributed by atoms with Gasteiger partial charge in [-0.3, -0.25) is 0 Å². The molecule has 0 spiro atoms. The molecule has 0 bridgehead atoms. The van der Waals surface area contributed by atoms with E-state index in [0.29, 0.717) is 4.88 Å². The number of nitrogens with one attached hydrogen (secondary N) is 1. The van der Waals surface area contributed by atoms with Gasteiger partial charge in [0.15, 0.2) is 5.13 Å². The molecule has 0 amide bonds. The van der Waals surface area contributed by atoms with Crippen molar-refractivity contribution in [2.24, 2.45) is 0 Å². The van der Waals surface area contributed by atoms with Crippen LogP contribution in [0.4, 0.5) is 10.8 Å². The fourth-order valence-electron chi connectivity index (χ4n) is 1.23. The molecular formula is C11H8BrN3S. The predicted octanol–water partition coefficient (Wildman–Crippen LogP) is 3.83. The summed E-state index contributed by atoms with van der Waals surface area (Å²) in [6.45, 7) is 2.03. The number of benzene rings is 1. The number of anilines is 2. The van der Waals surface area contributed by atoms with Crippen LogP contribution in [0.2, 0.25) is 0 Å². The van der Waals surface area contributed by atoms with Crippen molar-refractivity contribution in [2.45, 2.75) is 6.92 Å². The van der Waals surface area contributed by atoms with Crippen LogP contribution in [0.15, 0.2) is 28.9 Å². The zero-order valence-corrected chi connectivity index (χ0v) is 10.9. The van der Waals surface area contributed by atoms with E-state index in [-0.39, 0.29) is 0 Å². The first kappa shape index (κ1) is 11.1. The van der Waals surface area contributed by atoms with Gasteiger partial charge in [-0.05, 0) is 30.7 Å². The molecule has 1 aromatic heterocycles. The van der Waals surface area contributed by atoms with E-state index in [1.807, 2.05) is 25.1 Å². The highest BCUT2D eigenvalue weighted by atomic mass is 79.9. The highest BCUT2D eigenvalue weighted by Crippen LogP contribution is 2.25. The van der Waals surface area contributed by atoms with Crippen molar-refractivity contribution in [2.75, 3.05) is 5.32 Å². The second-order valence-electron chi connectivity index (χ2n) is 3.23. The fraction of sp³-hybridized carbons (Fsp3) is 0.0909. The molecule has 16 heavy (non-hydrogen) atoms. The minimum atomic E-state index is 0.608. The lowest BCUT2D eigenvalue weighted by atomic mass is 10.2. The number of rotatable bonds is 2. The molecule has 0 unspecified atom stereocenters. The molecule has 1 heterocycles. The monoisotopic (exact) mass is 293 g/mol. The highest BCUT2D eigenvalue weighted by molar-refractivity contribution is 9.10. The quantitative estimate of drug-likeness (QED) is 0.915. The molecule has 0 fully saturated rings. The second kappa shape index (κ2) is 4.64. The zero-order valence-electron chi connectivity index (χ0n) is 8.49. The molecule has 3 nitrogen and oxygen atoms in total. The van der Waals surface area contributed by atoms with Crippen LogP contribution in [0.3, 0.4) is 0 Å². The van der Waals surface area contributed by atoms with Crippen LogP contribution in [0.25, 0.3) is 0 Å². The minimum absolute atomic E-state index is 0.608. The molecule has 0 atom stereocenters. The van der Waals surface area contributed by atoms with Crippen molar-refractivity contribution >= 4 is 38.1 Å². The lowest BCUT2D eigenvalue weighted by Gasteiger charge is -2.04. The Morgan fingerprint density at radius 2 is 2.31 bits per heavy atom. The van der Waals surface area contributed by atoms with Gasteiger partial charge >= 0.3 is 0 Å². The lowest BCUT2D eigenvalue weighted by molar-refractivity contribution is 1.36. The van der Waals surface area contributed by atoms with E-state index in [9.17, 15) is 0 Å². The minimum Gasteiger partial charge on any atom is -0.332 e. The molecular weight excluding hydrogens is 286 g/mol. The van der Waals surface area contributed by atoms with Crippen molar-refractivity contribution in [1.29, 1.82) is 5.26 Å². The number of nitriles is 1. The maximum absolute atomic E-state index is 8.68. The summed E-state index contributed by atoms with van der Waals surface area (Å²) in [6, 6.07) is 8.03. The van der Waals surface area contributed by atoms with E-state index in [4.69, 9.17) is 5.26 Å². The van der Waals surface area contributed by atoms with Crippen LogP contribution in [0, 0.1) is 18.3 Å². The number of halogens is 1. The highest BCUT2D eigenvalue weighted by Gasteiger charge is 2.02. The van der Waals surface area contributed by atoms with E-state index >= 15 is 0 Å². The van der Waals surface area contributed by atoms with Crippen LogP contribution in [0.5, 0.6) is 0 Å². The third kappa shape index (κ3) is 2.40. The Labute approximate surface area is 106 Å². The summed E-state index contributed by atoms with van der Waals surface area (Å²) in [5.41, 5.74) is 2.13. The van der Waals surface area contributed by atoms with E-state index < -0.39 is 0 Å². The number of thiazole rings is 1. The first-order valence-corrected chi connectivity index (χ1v) is 6.19. The zero-order chi connectivity index (χ0) is 11.5. The van der Waals surface area contributed by atoms with E-state index in [0.717, 1.165) is 20.9 Å². The number of hydrogen-bond acceptors (Lipinski definition) is 4. The summed E-state index contributed by atoms with van der Waals surface area (Å²) in [6.07, 6.45) is 1.57. The Hall–Kier alpha value is -1.38. The van der Waals surface area contributed by atoms with E-state index in [1.165, 1.54) is 11.3 Å². The largest absolute Gasteiger partial charge is 0.332 e. The molecule has 0 saturated heterocycles. The molecule has 0 aliphatic carbocycles. The topological polar surface area (TPSA) is 48.7 Å². The summed E-state index contributed by atoms with van der Waals surface area (Å²) in [5.74, 6) is 0. The Balaban J connectivity index is 2.21. The molecule has 0 radical (unpaired) electrons. The van der Waals surface area contributed by atoms with Gasteiger partial charge in [0.1, 0.15) is 10.9 Å². The number of aromatic nitrogens is 1. The van der Waals surface area contributed by atoms with Gasteiger partial charge in [-0.1, -0.05) is 27.3 Å². The molecule has 1 N–H and O–H groups in total. The van der Waals surface area contributed by atoms with Gasteiger partial charge in [0.2, 0.25) is 0 Å². The van der Waals surface area contributed by atoms with Gasteiger partial charge in [-0.15, -0.1) is 0 Å². The molecule has 0 aliphatic rings. The fourth-order valence-corrected chi connectivity index (χ4v) is 2.11. The van der Waals surface area contributed by atoms with Gasteiger partial charge in [-0.25, -0.2) is 4.98 Å². The van der Waals surface area contributed by atoms with Crippen molar-refractivity contribution in [3.8, 4) is 6.07 Å². The molecule has 2 rings (SSSR count). The number of aryl methyl sites for hydroxylation is 1. The van der Waals surface area contributed by atoms with Gasteiger partial charge < -0.3 is 5.32 Å². The predicted molar refractivity (Wildman–Crippen MR) is 69.0 cm³/mol. The van der Waals surface area contributed by atoms with Crippen LogP contribution in [-0.2, 0) is 0 Å². The van der Waals surface area contributed by atoms with E-state index in [1.54, 1.807) is 6.20 Å². The Kier molecular flexibility index (Phi) is 3.22. The van der Waals surface area contributed by atoms with Crippen molar-refractivity contribution in [3.05, 3.63) is 39.3 Å². The first-order chi connectivity index (χ1) is 7.69.